The van der Waals surface area contributed by atoms with Gasteiger partial charge in [-0.2, -0.15) is 0 Å². The van der Waals surface area contributed by atoms with E-state index in [-0.39, 0.29) is 0 Å². The van der Waals surface area contributed by atoms with Crippen molar-refractivity contribution >= 4 is 5.91 Å². The van der Waals surface area contributed by atoms with Gasteiger partial charge in [0.1, 0.15) is 0 Å². The van der Waals surface area contributed by atoms with E-state index in [2.05, 4.69) is 11.8 Å². The van der Waals surface area contributed by atoms with Crippen molar-refractivity contribution in [3.8, 4) is 0 Å². The number of nitrogens with zero attached hydrogens (tertiary/aromatic N) is 1. The van der Waals surface area contributed by atoms with Crippen molar-refractivity contribution in [3.05, 3.63) is 0 Å². The molecule has 0 aromatic rings. The van der Waals surface area contributed by atoms with Crippen LogP contribution in [0.1, 0.15) is 58.3 Å². The van der Waals surface area contributed by atoms with Crippen LogP contribution in [0.15, 0.2) is 0 Å². The highest BCUT2D eigenvalue weighted by Crippen LogP contribution is 2.39. The molecule has 1 saturated heterocycles. The lowest BCUT2D eigenvalue weighted by Gasteiger charge is -2.47. The summed E-state index contributed by atoms with van der Waals surface area (Å²) >= 11 is 0. The number of unbranched alkanes of at least 4 members (excludes halogenated alkanes) is 1. The molecular formula is C15H28N2O. The number of amides is 1. The van der Waals surface area contributed by atoms with Crippen LogP contribution in [-0.4, -0.2) is 29.9 Å². The molecule has 2 aliphatic rings. The Bertz CT molecular complexity index is 280. The topological polar surface area (TPSA) is 46.3 Å². The third-order valence-electron chi connectivity index (χ3n) is 4.90. The van der Waals surface area contributed by atoms with Crippen LogP contribution in [0.2, 0.25) is 0 Å². The first-order chi connectivity index (χ1) is 8.74. The monoisotopic (exact) mass is 252 g/mol. The molecule has 104 valence electrons. The normalized spacial score (nSPS) is 32.1. The molecule has 0 spiro atoms. The van der Waals surface area contributed by atoms with Crippen molar-refractivity contribution in [3.63, 3.8) is 0 Å². The Morgan fingerprint density at radius 1 is 1.22 bits per heavy atom. The number of piperidine rings is 1. The van der Waals surface area contributed by atoms with Crippen LogP contribution in [0.5, 0.6) is 0 Å². The molecule has 0 bridgehead atoms. The van der Waals surface area contributed by atoms with Gasteiger partial charge in [0.15, 0.2) is 0 Å². The van der Waals surface area contributed by atoms with E-state index in [1.807, 2.05) is 0 Å². The Kier molecular flexibility index (Phi) is 5.04. The molecule has 0 aromatic carbocycles. The lowest BCUT2D eigenvalue weighted by Crippen LogP contribution is -2.52. The van der Waals surface area contributed by atoms with E-state index in [0.717, 1.165) is 31.2 Å². The van der Waals surface area contributed by atoms with E-state index in [1.54, 1.807) is 0 Å². The van der Waals surface area contributed by atoms with Crippen molar-refractivity contribution in [1.82, 2.24) is 4.90 Å². The van der Waals surface area contributed by atoms with E-state index in [1.165, 1.54) is 32.1 Å². The van der Waals surface area contributed by atoms with Gasteiger partial charge in [0.05, 0.1) is 0 Å². The molecule has 2 rings (SSSR count). The van der Waals surface area contributed by atoms with Crippen molar-refractivity contribution in [2.45, 2.75) is 64.3 Å². The van der Waals surface area contributed by atoms with Gasteiger partial charge in [0.2, 0.25) is 5.91 Å². The highest BCUT2D eigenvalue weighted by Gasteiger charge is 2.38. The van der Waals surface area contributed by atoms with Gasteiger partial charge in [-0.25, -0.2) is 0 Å². The Morgan fingerprint density at radius 3 is 2.78 bits per heavy atom. The van der Waals surface area contributed by atoms with Gasteiger partial charge in [0.25, 0.3) is 0 Å². The maximum atomic E-state index is 12.3. The number of nitrogens with two attached hydrogens (primary N) is 1. The summed E-state index contributed by atoms with van der Waals surface area (Å²) in [5.74, 6) is 1.96. The Hall–Kier alpha value is -0.570. The summed E-state index contributed by atoms with van der Waals surface area (Å²) in [4.78, 5) is 14.5. The quantitative estimate of drug-likeness (QED) is 0.782. The zero-order valence-electron chi connectivity index (χ0n) is 11.7. The first-order valence-electron chi connectivity index (χ1n) is 7.73. The second kappa shape index (κ2) is 6.55. The molecule has 2 fully saturated rings. The molecule has 1 aliphatic heterocycles. The average molecular weight is 252 g/mol. The number of hydrogen-bond donors (Lipinski definition) is 1. The molecule has 0 radical (unpaired) electrons. The molecule has 3 nitrogen and oxygen atoms in total. The van der Waals surface area contributed by atoms with Gasteiger partial charge in [-0.3, -0.25) is 4.79 Å². The lowest BCUT2D eigenvalue weighted by molar-refractivity contribution is -0.139. The fraction of sp³-hybridized carbons (Fsp3) is 0.933. The largest absolute Gasteiger partial charge is 0.339 e. The smallest absolute Gasteiger partial charge is 0.222 e. The van der Waals surface area contributed by atoms with Crippen molar-refractivity contribution in [1.29, 1.82) is 0 Å². The highest BCUT2D eigenvalue weighted by atomic mass is 16.2. The van der Waals surface area contributed by atoms with Crippen LogP contribution < -0.4 is 5.73 Å². The van der Waals surface area contributed by atoms with Crippen LogP contribution in [0.3, 0.4) is 0 Å². The standard InChI is InChI=1S/C15H28N2O/c1-12-9-11-17(15(18)8-4-5-10-16)14-7-3-2-6-13(12)14/h12-14H,2-11,16H2,1H3. The Labute approximate surface area is 111 Å². The number of carbonyl (C=O) groups excluding carboxylic acids is 1. The molecule has 3 atom stereocenters. The second-order valence-corrected chi connectivity index (χ2v) is 6.11. The predicted molar refractivity (Wildman–Crippen MR) is 74.1 cm³/mol. The van der Waals surface area contributed by atoms with Crippen molar-refractivity contribution in [2.24, 2.45) is 17.6 Å². The van der Waals surface area contributed by atoms with E-state index < -0.39 is 0 Å². The maximum Gasteiger partial charge on any atom is 0.222 e. The Balaban J connectivity index is 1.92. The predicted octanol–water partition coefficient (Wildman–Crippen LogP) is 2.54. The molecule has 1 heterocycles. The lowest BCUT2D eigenvalue weighted by atomic mass is 9.72. The molecular weight excluding hydrogens is 224 g/mol. The molecule has 1 aliphatic carbocycles. The second-order valence-electron chi connectivity index (χ2n) is 6.11. The number of fused-ring (bicyclic) bond motifs is 1. The third-order valence-corrected chi connectivity index (χ3v) is 4.90. The number of rotatable bonds is 4. The van der Waals surface area contributed by atoms with Crippen LogP contribution in [0.4, 0.5) is 0 Å². The van der Waals surface area contributed by atoms with Crippen LogP contribution >= 0.6 is 0 Å². The van der Waals surface area contributed by atoms with Gasteiger partial charge in [-0.15, -0.1) is 0 Å². The molecule has 0 aromatic heterocycles. The Morgan fingerprint density at radius 2 is 2.00 bits per heavy atom. The van der Waals surface area contributed by atoms with Gasteiger partial charge in [0, 0.05) is 19.0 Å². The summed E-state index contributed by atoms with van der Waals surface area (Å²) in [5.41, 5.74) is 5.49. The molecule has 1 amide bonds. The zero-order valence-corrected chi connectivity index (χ0v) is 11.7. The van der Waals surface area contributed by atoms with E-state index in [9.17, 15) is 4.79 Å². The molecule has 3 heteroatoms. The fourth-order valence-corrected chi connectivity index (χ4v) is 3.79. The highest BCUT2D eigenvalue weighted by molar-refractivity contribution is 5.76. The average Bonchev–Trinajstić information content (AvgIpc) is 2.39. The summed E-state index contributed by atoms with van der Waals surface area (Å²) in [6.45, 7) is 4.07. The minimum absolute atomic E-state index is 0.382. The summed E-state index contributed by atoms with van der Waals surface area (Å²) in [7, 11) is 0. The van der Waals surface area contributed by atoms with E-state index in [0.29, 0.717) is 24.9 Å². The third kappa shape index (κ3) is 3.05. The number of carbonyl (C=O) groups is 1. The minimum Gasteiger partial charge on any atom is -0.339 e. The first kappa shape index (κ1) is 13.9. The summed E-state index contributed by atoms with van der Waals surface area (Å²) < 4.78 is 0. The van der Waals surface area contributed by atoms with Gasteiger partial charge >= 0.3 is 0 Å². The molecule has 3 unspecified atom stereocenters. The van der Waals surface area contributed by atoms with Crippen molar-refractivity contribution in [2.75, 3.05) is 13.1 Å². The zero-order chi connectivity index (χ0) is 13.0. The summed E-state index contributed by atoms with van der Waals surface area (Å²) in [6.07, 6.45) is 9.07. The van der Waals surface area contributed by atoms with Crippen LogP contribution in [0, 0.1) is 11.8 Å². The van der Waals surface area contributed by atoms with Gasteiger partial charge in [-0.1, -0.05) is 19.8 Å². The van der Waals surface area contributed by atoms with E-state index >= 15 is 0 Å². The van der Waals surface area contributed by atoms with Crippen molar-refractivity contribution < 1.29 is 4.79 Å². The minimum atomic E-state index is 0.382. The number of likely N-dealkylation sites (tertiary alicyclic amines) is 1. The molecule has 18 heavy (non-hydrogen) atoms. The SMILES string of the molecule is CC1CCN(C(=O)CCCCN)C2CCCCC12. The summed E-state index contributed by atoms with van der Waals surface area (Å²) in [5, 5.41) is 0. The molecule has 1 saturated carbocycles. The van der Waals surface area contributed by atoms with Crippen LogP contribution in [0.25, 0.3) is 0 Å². The number of hydrogen-bond acceptors (Lipinski definition) is 2. The first-order valence-corrected chi connectivity index (χ1v) is 7.73. The molecule has 2 N–H and O–H groups in total. The maximum absolute atomic E-state index is 12.3. The summed E-state index contributed by atoms with van der Waals surface area (Å²) in [6, 6.07) is 0.549. The van der Waals surface area contributed by atoms with Gasteiger partial charge < -0.3 is 10.6 Å². The van der Waals surface area contributed by atoms with Crippen LogP contribution in [-0.2, 0) is 4.79 Å². The van der Waals surface area contributed by atoms with E-state index in [4.69, 9.17) is 5.73 Å². The fourth-order valence-electron chi connectivity index (χ4n) is 3.79. The van der Waals surface area contributed by atoms with Gasteiger partial charge in [-0.05, 0) is 50.5 Å².